The highest BCUT2D eigenvalue weighted by Crippen LogP contribution is 2.26. The highest BCUT2D eigenvalue weighted by atomic mass is 32.1. The number of benzene rings is 1. The molecule has 0 saturated heterocycles. The molecular weight excluding hydrogens is 304 g/mol. The van der Waals surface area contributed by atoms with Crippen molar-refractivity contribution in [3.8, 4) is 16.2 Å². The van der Waals surface area contributed by atoms with Gasteiger partial charge >= 0.3 is 11.6 Å². The molecule has 6 heteroatoms. The van der Waals surface area contributed by atoms with Crippen LogP contribution in [0.4, 0.5) is 0 Å². The van der Waals surface area contributed by atoms with Crippen molar-refractivity contribution in [2.75, 3.05) is 13.7 Å². The van der Waals surface area contributed by atoms with E-state index in [-0.39, 0.29) is 6.61 Å². The van der Waals surface area contributed by atoms with Gasteiger partial charge in [-0.15, -0.1) is 11.3 Å². The maximum atomic E-state index is 12.1. The van der Waals surface area contributed by atoms with Crippen LogP contribution in [0.1, 0.15) is 0 Å². The van der Waals surface area contributed by atoms with E-state index in [1.807, 2.05) is 17.5 Å². The van der Waals surface area contributed by atoms with Crippen LogP contribution in [0.5, 0.6) is 5.75 Å². The maximum absolute atomic E-state index is 12.1. The molecule has 0 N–H and O–H groups in total. The van der Waals surface area contributed by atoms with Gasteiger partial charge in [-0.25, -0.2) is 9.59 Å². The average molecular weight is 316 g/mol. The van der Waals surface area contributed by atoms with Crippen molar-refractivity contribution >= 4 is 28.3 Å². The summed E-state index contributed by atoms with van der Waals surface area (Å²) in [7, 11) is 1.29. The number of hydrogen-bond donors (Lipinski definition) is 0. The smallest absolute Gasteiger partial charge is 0.345 e. The third-order valence-corrected chi connectivity index (χ3v) is 3.98. The Morgan fingerprint density at radius 3 is 2.86 bits per heavy atom. The SMILES string of the molecule is COC(=O)COc1ccc2cc(-c3cccs3)c(=O)oc2c1. The van der Waals surface area contributed by atoms with Gasteiger partial charge in [-0.2, -0.15) is 0 Å². The Morgan fingerprint density at radius 1 is 1.27 bits per heavy atom. The Hall–Kier alpha value is -2.60. The Balaban J connectivity index is 1.95. The van der Waals surface area contributed by atoms with E-state index in [1.54, 1.807) is 24.3 Å². The topological polar surface area (TPSA) is 65.7 Å². The average Bonchev–Trinajstić information content (AvgIpc) is 3.05. The number of esters is 1. The second-order valence-corrected chi connectivity index (χ2v) is 5.44. The third-order valence-electron chi connectivity index (χ3n) is 3.08. The van der Waals surface area contributed by atoms with Gasteiger partial charge in [-0.3, -0.25) is 0 Å². The van der Waals surface area contributed by atoms with Crippen LogP contribution in [-0.2, 0) is 9.53 Å². The first-order valence-electron chi connectivity index (χ1n) is 6.49. The van der Waals surface area contributed by atoms with Gasteiger partial charge in [0.25, 0.3) is 0 Å². The van der Waals surface area contributed by atoms with E-state index in [9.17, 15) is 9.59 Å². The molecule has 3 rings (SSSR count). The van der Waals surface area contributed by atoms with E-state index in [2.05, 4.69) is 4.74 Å². The van der Waals surface area contributed by atoms with Crippen molar-refractivity contribution in [1.29, 1.82) is 0 Å². The lowest BCUT2D eigenvalue weighted by Gasteiger charge is -2.06. The van der Waals surface area contributed by atoms with Crippen LogP contribution in [0.25, 0.3) is 21.4 Å². The molecule has 0 unspecified atom stereocenters. The molecule has 5 nitrogen and oxygen atoms in total. The minimum Gasteiger partial charge on any atom is -0.482 e. The van der Waals surface area contributed by atoms with Crippen LogP contribution in [0.3, 0.4) is 0 Å². The molecule has 1 aromatic carbocycles. The van der Waals surface area contributed by atoms with Crippen molar-refractivity contribution in [2.45, 2.75) is 0 Å². The normalized spacial score (nSPS) is 10.6. The standard InChI is InChI=1S/C16H12O5S/c1-19-15(17)9-20-11-5-4-10-7-12(14-3-2-6-22-14)16(18)21-13(10)8-11/h2-8H,9H2,1H3. The van der Waals surface area contributed by atoms with Crippen LogP contribution in [0.2, 0.25) is 0 Å². The molecule has 0 atom stereocenters. The van der Waals surface area contributed by atoms with E-state index < -0.39 is 11.6 Å². The summed E-state index contributed by atoms with van der Waals surface area (Å²) < 4.78 is 15.1. The van der Waals surface area contributed by atoms with Crippen LogP contribution in [-0.4, -0.2) is 19.7 Å². The summed E-state index contributed by atoms with van der Waals surface area (Å²) in [5.74, 6) is -0.0421. The highest BCUT2D eigenvalue weighted by Gasteiger charge is 2.10. The van der Waals surface area contributed by atoms with Gasteiger partial charge in [0.15, 0.2) is 6.61 Å². The zero-order valence-corrected chi connectivity index (χ0v) is 12.5. The predicted octanol–water partition coefficient (Wildman–Crippen LogP) is 3.07. The quantitative estimate of drug-likeness (QED) is 0.546. The van der Waals surface area contributed by atoms with Crippen LogP contribution < -0.4 is 10.4 Å². The first kappa shape index (κ1) is 14.3. The number of methoxy groups -OCH3 is 1. The van der Waals surface area contributed by atoms with Crippen molar-refractivity contribution in [3.63, 3.8) is 0 Å². The van der Waals surface area contributed by atoms with E-state index in [4.69, 9.17) is 9.15 Å². The van der Waals surface area contributed by atoms with Crippen LogP contribution >= 0.6 is 11.3 Å². The molecule has 0 aliphatic rings. The van der Waals surface area contributed by atoms with Crippen molar-refractivity contribution in [3.05, 3.63) is 52.2 Å². The van der Waals surface area contributed by atoms with Gasteiger partial charge in [-0.1, -0.05) is 6.07 Å². The number of ether oxygens (including phenoxy) is 2. The molecule has 0 fully saturated rings. The largest absolute Gasteiger partial charge is 0.482 e. The fourth-order valence-corrected chi connectivity index (χ4v) is 2.72. The van der Waals surface area contributed by atoms with Crippen LogP contribution in [0, 0.1) is 0 Å². The minimum atomic E-state index is -0.477. The first-order chi connectivity index (χ1) is 10.7. The van der Waals surface area contributed by atoms with E-state index in [1.165, 1.54) is 18.4 Å². The summed E-state index contributed by atoms with van der Waals surface area (Å²) in [6, 6.07) is 10.6. The lowest BCUT2D eigenvalue weighted by Crippen LogP contribution is -2.12. The van der Waals surface area contributed by atoms with Gasteiger partial charge in [0, 0.05) is 16.3 Å². The Kier molecular flexibility index (Phi) is 3.93. The summed E-state index contributed by atoms with van der Waals surface area (Å²) in [6.45, 7) is -0.195. The van der Waals surface area contributed by atoms with Gasteiger partial charge in [0.05, 0.1) is 12.7 Å². The monoisotopic (exact) mass is 316 g/mol. The summed E-state index contributed by atoms with van der Waals surface area (Å²) in [5.41, 5.74) is 0.540. The van der Waals surface area contributed by atoms with Crippen molar-refractivity contribution < 1.29 is 18.7 Å². The predicted molar refractivity (Wildman–Crippen MR) is 83.3 cm³/mol. The van der Waals surface area contributed by atoms with Crippen molar-refractivity contribution in [2.24, 2.45) is 0 Å². The molecule has 0 spiro atoms. The number of rotatable bonds is 4. The van der Waals surface area contributed by atoms with Gasteiger partial charge in [0.2, 0.25) is 0 Å². The second kappa shape index (κ2) is 6.03. The number of carbonyl (C=O) groups excluding carboxylic acids is 1. The second-order valence-electron chi connectivity index (χ2n) is 4.49. The number of fused-ring (bicyclic) bond motifs is 1. The Morgan fingerprint density at radius 2 is 2.14 bits per heavy atom. The lowest BCUT2D eigenvalue weighted by atomic mass is 10.1. The molecule has 0 aliphatic carbocycles. The molecule has 112 valence electrons. The molecule has 22 heavy (non-hydrogen) atoms. The summed E-state index contributed by atoms with van der Waals surface area (Å²) in [5, 5.41) is 2.69. The Labute approximate surface area is 129 Å². The Bertz CT molecular complexity index is 864. The molecule has 3 aromatic rings. The van der Waals surface area contributed by atoms with Gasteiger partial charge in [-0.05, 0) is 29.6 Å². The number of hydrogen-bond acceptors (Lipinski definition) is 6. The van der Waals surface area contributed by atoms with Crippen molar-refractivity contribution in [1.82, 2.24) is 0 Å². The molecule has 2 aromatic heterocycles. The van der Waals surface area contributed by atoms with E-state index >= 15 is 0 Å². The number of thiophene rings is 1. The summed E-state index contributed by atoms with van der Waals surface area (Å²) >= 11 is 1.48. The fraction of sp³-hybridized carbons (Fsp3) is 0.125. The zero-order valence-electron chi connectivity index (χ0n) is 11.7. The van der Waals surface area contributed by atoms with Crippen LogP contribution in [0.15, 0.2) is 51.0 Å². The fourth-order valence-electron chi connectivity index (χ4n) is 1.99. The highest BCUT2D eigenvalue weighted by molar-refractivity contribution is 7.13. The third kappa shape index (κ3) is 2.87. The molecular formula is C16H12O5S. The van der Waals surface area contributed by atoms with E-state index in [0.29, 0.717) is 16.9 Å². The van der Waals surface area contributed by atoms with Gasteiger partial charge < -0.3 is 13.9 Å². The molecule has 0 saturated carbocycles. The summed E-state index contributed by atoms with van der Waals surface area (Å²) in [4.78, 5) is 24.0. The molecule has 0 aliphatic heterocycles. The summed E-state index contributed by atoms with van der Waals surface area (Å²) in [6.07, 6.45) is 0. The number of carbonyl (C=O) groups is 1. The minimum absolute atomic E-state index is 0.195. The molecule has 0 amide bonds. The first-order valence-corrected chi connectivity index (χ1v) is 7.37. The molecule has 0 radical (unpaired) electrons. The van der Waals surface area contributed by atoms with Gasteiger partial charge in [0.1, 0.15) is 11.3 Å². The van der Waals surface area contributed by atoms with E-state index in [0.717, 1.165) is 10.3 Å². The lowest BCUT2D eigenvalue weighted by molar-refractivity contribution is -0.142. The molecule has 2 heterocycles. The molecule has 0 bridgehead atoms. The maximum Gasteiger partial charge on any atom is 0.345 e. The zero-order chi connectivity index (χ0) is 15.5.